The molecular weight excluding hydrogens is 241 g/mol. The van der Waals surface area contributed by atoms with Crippen LogP contribution in [0.2, 0.25) is 0 Å². The van der Waals surface area contributed by atoms with E-state index in [2.05, 4.69) is 5.32 Å². The molecule has 1 amide bonds. The molecule has 0 bridgehead atoms. The summed E-state index contributed by atoms with van der Waals surface area (Å²) in [5, 5.41) is 2.92. The van der Waals surface area contributed by atoms with E-state index in [0.717, 1.165) is 18.2 Å². The fourth-order valence-corrected chi connectivity index (χ4v) is 1.81. The van der Waals surface area contributed by atoms with Crippen LogP contribution in [0.3, 0.4) is 0 Å². The second-order valence-electron chi connectivity index (χ2n) is 3.56. The van der Waals surface area contributed by atoms with Crippen molar-refractivity contribution in [1.29, 1.82) is 0 Å². The van der Waals surface area contributed by atoms with Gasteiger partial charge in [-0.3, -0.25) is 4.79 Å². The maximum absolute atomic E-state index is 13.5. The van der Waals surface area contributed by atoms with Gasteiger partial charge >= 0.3 is 0 Å². The van der Waals surface area contributed by atoms with Gasteiger partial charge in [0.15, 0.2) is 0 Å². The Morgan fingerprint density at radius 1 is 1.53 bits per heavy atom. The summed E-state index contributed by atoms with van der Waals surface area (Å²) in [6.45, 7) is 0.639. The molecule has 0 fully saturated rings. The van der Waals surface area contributed by atoms with E-state index in [4.69, 9.17) is 11.5 Å². The van der Waals surface area contributed by atoms with E-state index in [9.17, 15) is 9.18 Å². The zero-order valence-electron chi connectivity index (χ0n) is 9.63. The van der Waals surface area contributed by atoms with Crippen LogP contribution in [0, 0.1) is 5.82 Å². The molecule has 6 heteroatoms. The molecule has 1 aromatic rings. The fraction of sp³-hybridized carbons (Fsp3) is 0.364. The molecule has 0 aliphatic rings. The van der Waals surface area contributed by atoms with Gasteiger partial charge < -0.3 is 16.8 Å². The van der Waals surface area contributed by atoms with Crippen molar-refractivity contribution < 1.29 is 9.18 Å². The number of carbonyl (C=O) groups excluding carboxylic acids is 1. The average Bonchev–Trinajstić information content (AvgIpc) is 2.26. The number of amides is 1. The number of nitrogens with two attached hydrogens (primary N) is 2. The summed E-state index contributed by atoms with van der Waals surface area (Å²) in [5.41, 5.74) is 11.1. The number of benzene rings is 1. The van der Waals surface area contributed by atoms with Gasteiger partial charge in [0, 0.05) is 12.2 Å². The van der Waals surface area contributed by atoms with E-state index in [0.29, 0.717) is 6.54 Å². The van der Waals surface area contributed by atoms with Gasteiger partial charge in [-0.2, -0.15) is 11.8 Å². The Morgan fingerprint density at radius 2 is 2.24 bits per heavy atom. The number of thioether (sulfide) groups is 1. The smallest absolute Gasteiger partial charge is 0.250 e. The zero-order valence-corrected chi connectivity index (χ0v) is 10.4. The Kier molecular flexibility index (Phi) is 5.09. The van der Waals surface area contributed by atoms with Crippen molar-refractivity contribution in [3.8, 4) is 0 Å². The van der Waals surface area contributed by atoms with Crippen LogP contribution in [0.5, 0.6) is 0 Å². The first-order chi connectivity index (χ1) is 8.06. The molecule has 1 rings (SSSR count). The van der Waals surface area contributed by atoms with Gasteiger partial charge in [-0.25, -0.2) is 4.39 Å². The molecule has 0 unspecified atom stereocenters. The molecule has 0 atom stereocenters. The summed E-state index contributed by atoms with van der Waals surface area (Å²) in [6.07, 6.45) is 2.92. The quantitative estimate of drug-likeness (QED) is 0.535. The number of nitrogen functional groups attached to an aromatic ring is 1. The number of nitrogens with one attached hydrogen (secondary N) is 1. The van der Waals surface area contributed by atoms with Crippen molar-refractivity contribution in [1.82, 2.24) is 0 Å². The molecule has 0 heterocycles. The number of carbonyl (C=O) groups is 1. The monoisotopic (exact) mass is 257 g/mol. The van der Waals surface area contributed by atoms with Gasteiger partial charge in [0.1, 0.15) is 5.82 Å². The summed E-state index contributed by atoms with van der Waals surface area (Å²) in [7, 11) is 0. The van der Waals surface area contributed by atoms with E-state index in [1.54, 1.807) is 11.8 Å². The second kappa shape index (κ2) is 6.34. The molecule has 1 aromatic carbocycles. The molecule has 4 nitrogen and oxygen atoms in total. The zero-order chi connectivity index (χ0) is 12.8. The SMILES string of the molecule is CSCCCNc1cc(C(N)=O)c(N)cc1F. The predicted octanol–water partition coefficient (Wildman–Crippen LogP) is 1.67. The first-order valence-corrected chi connectivity index (χ1v) is 6.57. The van der Waals surface area contributed by atoms with Gasteiger partial charge in [-0.15, -0.1) is 0 Å². The standard InChI is InChI=1S/C11H16FN3OS/c1-17-4-2-3-15-10-5-7(11(14)16)9(13)6-8(10)12/h5-6,15H,2-4,13H2,1H3,(H2,14,16). The molecule has 5 N–H and O–H groups in total. The topological polar surface area (TPSA) is 81.1 Å². The molecule has 0 radical (unpaired) electrons. The Morgan fingerprint density at radius 3 is 2.82 bits per heavy atom. The van der Waals surface area contributed by atoms with Gasteiger partial charge in [0.05, 0.1) is 11.3 Å². The van der Waals surface area contributed by atoms with Crippen molar-refractivity contribution >= 4 is 29.0 Å². The molecule has 94 valence electrons. The van der Waals surface area contributed by atoms with E-state index >= 15 is 0 Å². The van der Waals surface area contributed by atoms with Crippen LogP contribution in [-0.4, -0.2) is 24.5 Å². The van der Waals surface area contributed by atoms with E-state index in [1.165, 1.54) is 6.07 Å². The third kappa shape index (κ3) is 3.81. The summed E-state index contributed by atoms with van der Waals surface area (Å²) >= 11 is 1.72. The van der Waals surface area contributed by atoms with Gasteiger partial charge in [-0.05, 0) is 30.6 Å². The molecule has 0 saturated heterocycles. The van der Waals surface area contributed by atoms with E-state index < -0.39 is 11.7 Å². The molecule has 0 spiro atoms. The normalized spacial score (nSPS) is 10.2. The minimum atomic E-state index is -0.658. The summed E-state index contributed by atoms with van der Waals surface area (Å²) < 4.78 is 13.5. The van der Waals surface area contributed by atoms with Crippen molar-refractivity contribution in [3.05, 3.63) is 23.5 Å². The minimum absolute atomic E-state index is 0.0599. The maximum Gasteiger partial charge on any atom is 0.250 e. The Hall–Kier alpha value is -1.43. The number of primary amides is 1. The lowest BCUT2D eigenvalue weighted by Gasteiger charge is -2.10. The molecular formula is C11H16FN3OS. The van der Waals surface area contributed by atoms with E-state index in [1.807, 2.05) is 6.26 Å². The summed E-state index contributed by atoms with van der Waals surface area (Å²) in [4.78, 5) is 11.1. The van der Waals surface area contributed by atoms with Crippen LogP contribution in [-0.2, 0) is 0 Å². The number of anilines is 2. The lowest BCUT2D eigenvalue weighted by molar-refractivity contribution is 0.100. The van der Waals surface area contributed by atoms with Crippen LogP contribution >= 0.6 is 11.8 Å². The summed E-state index contributed by atoms with van der Waals surface area (Å²) in [6, 6.07) is 2.46. The molecule has 0 saturated carbocycles. The third-order valence-electron chi connectivity index (χ3n) is 2.25. The van der Waals surface area contributed by atoms with Crippen LogP contribution in [0.25, 0.3) is 0 Å². The Balaban J connectivity index is 2.77. The fourth-order valence-electron chi connectivity index (χ4n) is 1.38. The second-order valence-corrected chi connectivity index (χ2v) is 4.54. The number of hydrogen-bond donors (Lipinski definition) is 3. The third-order valence-corrected chi connectivity index (χ3v) is 2.94. The van der Waals surface area contributed by atoms with E-state index in [-0.39, 0.29) is 16.9 Å². The molecule has 0 aliphatic heterocycles. The highest BCUT2D eigenvalue weighted by Gasteiger charge is 2.11. The van der Waals surface area contributed by atoms with Crippen molar-refractivity contribution in [2.24, 2.45) is 5.73 Å². The first-order valence-electron chi connectivity index (χ1n) is 5.18. The average molecular weight is 257 g/mol. The van der Waals surface area contributed by atoms with Crippen LogP contribution in [0.15, 0.2) is 12.1 Å². The van der Waals surface area contributed by atoms with Crippen LogP contribution in [0.4, 0.5) is 15.8 Å². The van der Waals surface area contributed by atoms with Crippen molar-refractivity contribution in [2.45, 2.75) is 6.42 Å². The first kappa shape index (κ1) is 13.6. The number of hydrogen-bond acceptors (Lipinski definition) is 4. The lowest BCUT2D eigenvalue weighted by atomic mass is 10.1. The number of rotatable bonds is 6. The number of halogens is 1. The van der Waals surface area contributed by atoms with Crippen molar-refractivity contribution in [3.63, 3.8) is 0 Å². The predicted molar refractivity (Wildman–Crippen MR) is 70.8 cm³/mol. The lowest BCUT2D eigenvalue weighted by Crippen LogP contribution is -2.15. The Labute approximate surface area is 104 Å². The van der Waals surface area contributed by atoms with Crippen LogP contribution in [0.1, 0.15) is 16.8 Å². The highest BCUT2D eigenvalue weighted by Crippen LogP contribution is 2.21. The van der Waals surface area contributed by atoms with Crippen molar-refractivity contribution in [2.75, 3.05) is 29.6 Å². The molecule has 0 aliphatic carbocycles. The molecule has 17 heavy (non-hydrogen) atoms. The largest absolute Gasteiger partial charge is 0.398 e. The molecule has 0 aromatic heterocycles. The van der Waals surface area contributed by atoms with Gasteiger partial charge in [0.2, 0.25) is 0 Å². The van der Waals surface area contributed by atoms with Gasteiger partial charge in [-0.1, -0.05) is 0 Å². The summed E-state index contributed by atoms with van der Waals surface area (Å²) in [5.74, 6) is -0.141. The van der Waals surface area contributed by atoms with Crippen LogP contribution < -0.4 is 16.8 Å². The highest BCUT2D eigenvalue weighted by molar-refractivity contribution is 7.98. The minimum Gasteiger partial charge on any atom is -0.398 e. The Bertz CT molecular complexity index is 412. The maximum atomic E-state index is 13.5. The van der Waals surface area contributed by atoms with Gasteiger partial charge in [0.25, 0.3) is 5.91 Å². The highest BCUT2D eigenvalue weighted by atomic mass is 32.2.